The molecule has 0 aliphatic carbocycles. The number of halogens is 1. The van der Waals surface area contributed by atoms with E-state index in [9.17, 15) is 9.90 Å². The predicted molar refractivity (Wildman–Crippen MR) is 83.6 cm³/mol. The minimum absolute atomic E-state index is 0.140. The van der Waals surface area contributed by atoms with Gasteiger partial charge in [0.05, 0.1) is 12.9 Å². The first kappa shape index (κ1) is 14.7. The average molecular weight is 319 g/mol. The van der Waals surface area contributed by atoms with E-state index in [1.54, 1.807) is 12.1 Å². The maximum Gasteiger partial charge on any atom is 0.240 e. The lowest BCUT2D eigenvalue weighted by Gasteiger charge is -2.14. The third-order valence-electron chi connectivity index (χ3n) is 3.45. The molecule has 6 heteroatoms. The summed E-state index contributed by atoms with van der Waals surface area (Å²) in [5, 5.41) is 13.8. The van der Waals surface area contributed by atoms with E-state index >= 15 is 0 Å². The van der Waals surface area contributed by atoms with Crippen molar-refractivity contribution in [2.24, 2.45) is 0 Å². The van der Waals surface area contributed by atoms with Crippen LogP contribution in [-0.4, -0.2) is 22.2 Å². The highest BCUT2D eigenvalue weighted by molar-refractivity contribution is 6.31. The number of benzene rings is 1. The van der Waals surface area contributed by atoms with Crippen molar-refractivity contribution in [2.45, 2.75) is 12.6 Å². The molecule has 0 saturated carbocycles. The van der Waals surface area contributed by atoms with Gasteiger partial charge < -0.3 is 19.4 Å². The van der Waals surface area contributed by atoms with Gasteiger partial charge in [-0.25, -0.2) is 0 Å². The van der Waals surface area contributed by atoms with E-state index in [0.717, 1.165) is 10.9 Å². The van der Waals surface area contributed by atoms with Crippen LogP contribution in [0.5, 0.6) is 0 Å². The number of fused-ring (bicyclic) bond motifs is 1. The summed E-state index contributed by atoms with van der Waals surface area (Å²) in [6, 6.07) is 10.3. The van der Waals surface area contributed by atoms with Gasteiger partial charge in [0.15, 0.2) is 0 Å². The lowest BCUT2D eigenvalue weighted by molar-refractivity contribution is -0.122. The summed E-state index contributed by atoms with van der Waals surface area (Å²) in [6.45, 7) is -0.0848. The van der Waals surface area contributed by atoms with Crippen LogP contribution in [0.4, 0.5) is 0 Å². The maximum atomic E-state index is 12.2. The fourth-order valence-corrected chi connectivity index (χ4v) is 2.55. The SMILES string of the molecule is O=C(Cn1ccc2ccc(Cl)cc21)NC(CO)c1ccco1. The highest BCUT2D eigenvalue weighted by Gasteiger charge is 2.16. The molecular weight excluding hydrogens is 304 g/mol. The fraction of sp³-hybridized carbons (Fsp3) is 0.188. The number of furan rings is 1. The lowest BCUT2D eigenvalue weighted by atomic mass is 10.2. The van der Waals surface area contributed by atoms with Crippen molar-refractivity contribution >= 4 is 28.4 Å². The standard InChI is InChI=1S/C16H15ClN2O3/c17-12-4-3-11-5-6-19(14(11)8-12)9-16(21)18-13(10-20)15-2-1-7-22-15/h1-8,13,20H,9-10H2,(H,18,21). The normalized spacial score (nSPS) is 12.5. The first-order valence-electron chi connectivity index (χ1n) is 6.85. The molecule has 0 saturated heterocycles. The molecule has 114 valence electrons. The van der Waals surface area contributed by atoms with Gasteiger partial charge in [-0.15, -0.1) is 0 Å². The highest BCUT2D eigenvalue weighted by atomic mass is 35.5. The summed E-state index contributed by atoms with van der Waals surface area (Å²) in [6.07, 6.45) is 3.34. The van der Waals surface area contributed by atoms with Crippen molar-refractivity contribution in [3.63, 3.8) is 0 Å². The summed E-state index contributed by atoms with van der Waals surface area (Å²) in [5.41, 5.74) is 0.890. The van der Waals surface area contributed by atoms with Crippen LogP contribution in [0.15, 0.2) is 53.3 Å². The summed E-state index contributed by atoms with van der Waals surface area (Å²) in [7, 11) is 0. The third kappa shape index (κ3) is 3.00. The number of amides is 1. The van der Waals surface area contributed by atoms with Crippen molar-refractivity contribution in [2.75, 3.05) is 6.61 Å². The van der Waals surface area contributed by atoms with Crippen LogP contribution in [0.25, 0.3) is 10.9 Å². The van der Waals surface area contributed by atoms with Crippen molar-refractivity contribution < 1.29 is 14.3 Å². The Hall–Kier alpha value is -2.24. The Morgan fingerprint density at radius 2 is 2.23 bits per heavy atom. The minimum Gasteiger partial charge on any atom is -0.467 e. The monoisotopic (exact) mass is 318 g/mol. The lowest BCUT2D eigenvalue weighted by Crippen LogP contribution is -2.33. The van der Waals surface area contributed by atoms with E-state index in [-0.39, 0.29) is 19.1 Å². The van der Waals surface area contributed by atoms with Gasteiger partial charge in [0.1, 0.15) is 18.3 Å². The Balaban J connectivity index is 1.74. The molecule has 0 bridgehead atoms. The van der Waals surface area contributed by atoms with Crippen LogP contribution >= 0.6 is 11.6 Å². The largest absolute Gasteiger partial charge is 0.467 e. The van der Waals surface area contributed by atoms with Gasteiger partial charge in [-0.3, -0.25) is 4.79 Å². The number of hydrogen-bond donors (Lipinski definition) is 2. The fourth-order valence-electron chi connectivity index (χ4n) is 2.39. The number of nitrogens with one attached hydrogen (secondary N) is 1. The second-order valence-electron chi connectivity index (χ2n) is 4.96. The van der Waals surface area contributed by atoms with E-state index in [1.807, 2.05) is 35.0 Å². The topological polar surface area (TPSA) is 67.4 Å². The second-order valence-corrected chi connectivity index (χ2v) is 5.40. The summed E-state index contributed by atoms with van der Waals surface area (Å²) >= 11 is 6.00. The Morgan fingerprint density at radius 3 is 2.95 bits per heavy atom. The third-order valence-corrected chi connectivity index (χ3v) is 3.69. The van der Waals surface area contributed by atoms with Crippen molar-refractivity contribution in [3.05, 3.63) is 59.6 Å². The molecule has 0 spiro atoms. The average Bonchev–Trinajstić information content (AvgIpc) is 3.15. The molecule has 2 heterocycles. The number of aromatic nitrogens is 1. The predicted octanol–water partition coefficient (Wildman–Crippen LogP) is 2.74. The zero-order valence-electron chi connectivity index (χ0n) is 11.7. The Morgan fingerprint density at radius 1 is 1.36 bits per heavy atom. The molecule has 0 radical (unpaired) electrons. The smallest absolute Gasteiger partial charge is 0.240 e. The first-order chi connectivity index (χ1) is 10.7. The van der Waals surface area contributed by atoms with Gasteiger partial charge in [-0.2, -0.15) is 0 Å². The number of carbonyl (C=O) groups excluding carboxylic acids is 1. The number of aliphatic hydroxyl groups excluding tert-OH is 1. The molecule has 1 atom stereocenters. The number of rotatable bonds is 5. The molecule has 1 amide bonds. The highest BCUT2D eigenvalue weighted by Crippen LogP contribution is 2.20. The Kier molecular flexibility index (Phi) is 4.18. The summed E-state index contributed by atoms with van der Waals surface area (Å²) < 4.78 is 7.02. The maximum absolute atomic E-state index is 12.2. The van der Waals surface area contributed by atoms with Crippen LogP contribution in [0.1, 0.15) is 11.8 Å². The van der Waals surface area contributed by atoms with Crippen molar-refractivity contribution in [1.29, 1.82) is 0 Å². The van der Waals surface area contributed by atoms with Crippen LogP contribution in [0, 0.1) is 0 Å². The molecule has 0 aliphatic rings. The molecule has 1 unspecified atom stereocenters. The van der Waals surface area contributed by atoms with Crippen molar-refractivity contribution in [3.8, 4) is 0 Å². The zero-order chi connectivity index (χ0) is 15.5. The van der Waals surface area contributed by atoms with E-state index in [1.165, 1.54) is 6.26 Å². The molecule has 1 aromatic carbocycles. The van der Waals surface area contributed by atoms with Crippen molar-refractivity contribution in [1.82, 2.24) is 9.88 Å². The minimum atomic E-state index is -0.548. The van der Waals surface area contributed by atoms with Gasteiger partial charge in [0, 0.05) is 16.7 Å². The second kappa shape index (κ2) is 6.25. The quantitative estimate of drug-likeness (QED) is 0.760. The molecule has 0 fully saturated rings. The summed E-state index contributed by atoms with van der Waals surface area (Å²) in [5.74, 6) is 0.309. The van der Waals surface area contributed by atoms with Crippen LogP contribution in [-0.2, 0) is 11.3 Å². The molecule has 2 N–H and O–H groups in total. The number of hydrogen-bond acceptors (Lipinski definition) is 3. The number of nitrogens with zero attached hydrogens (tertiary/aromatic N) is 1. The van der Waals surface area contributed by atoms with Gasteiger partial charge >= 0.3 is 0 Å². The van der Waals surface area contributed by atoms with E-state index < -0.39 is 6.04 Å². The van der Waals surface area contributed by atoms with E-state index in [2.05, 4.69) is 5.32 Å². The number of aliphatic hydroxyl groups is 1. The summed E-state index contributed by atoms with van der Waals surface area (Å²) in [4.78, 5) is 12.2. The molecule has 3 rings (SSSR count). The van der Waals surface area contributed by atoms with Crippen LogP contribution < -0.4 is 5.32 Å². The zero-order valence-corrected chi connectivity index (χ0v) is 12.5. The molecule has 0 aliphatic heterocycles. The van der Waals surface area contributed by atoms with Gasteiger partial charge in [0.25, 0.3) is 0 Å². The molecule has 2 aromatic heterocycles. The van der Waals surface area contributed by atoms with E-state index in [4.69, 9.17) is 16.0 Å². The molecule has 22 heavy (non-hydrogen) atoms. The number of carbonyl (C=O) groups is 1. The molecule has 5 nitrogen and oxygen atoms in total. The molecular formula is C16H15ClN2O3. The van der Waals surface area contributed by atoms with Crippen LogP contribution in [0.2, 0.25) is 5.02 Å². The van der Waals surface area contributed by atoms with E-state index in [0.29, 0.717) is 10.8 Å². The van der Waals surface area contributed by atoms with Crippen LogP contribution in [0.3, 0.4) is 0 Å². The first-order valence-corrected chi connectivity index (χ1v) is 7.23. The Labute approximate surface area is 132 Å². The molecule has 3 aromatic rings. The van der Waals surface area contributed by atoms with Gasteiger partial charge in [-0.05, 0) is 35.7 Å². The van der Waals surface area contributed by atoms with Gasteiger partial charge in [-0.1, -0.05) is 17.7 Å². The van der Waals surface area contributed by atoms with Gasteiger partial charge in [0.2, 0.25) is 5.91 Å². The Bertz CT molecular complexity index is 780.